The minimum atomic E-state index is -0.492. The number of nitrogens with zero attached hydrogens (tertiary/aromatic N) is 4. The van der Waals surface area contributed by atoms with Crippen molar-refractivity contribution in [2.45, 2.75) is 17.3 Å². The molecule has 0 aliphatic rings. The molecule has 0 spiro atoms. The summed E-state index contributed by atoms with van der Waals surface area (Å²) in [5, 5.41) is 13.3. The Morgan fingerprint density at radius 3 is 2.55 bits per heavy atom. The number of hydrogen-bond donors (Lipinski definition) is 1. The molecule has 0 bridgehead atoms. The predicted octanol–water partition coefficient (Wildman–Crippen LogP) is 5.17. The summed E-state index contributed by atoms with van der Waals surface area (Å²) >= 11 is 1.36. The van der Waals surface area contributed by atoms with Crippen molar-refractivity contribution in [1.82, 2.24) is 25.2 Å². The van der Waals surface area contributed by atoms with Crippen molar-refractivity contribution in [3.63, 3.8) is 0 Å². The molecule has 2 aromatic heterocycles. The van der Waals surface area contributed by atoms with Gasteiger partial charge in [-0.2, -0.15) is 4.68 Å². The van der Waals surface area contributed by atoms with Gasteiger partial charge < -0.3 is 4.98 Å². The number of Topliss-reactive ketones (excluding diaryl/α,β-unsaturated/α-hetero) is 1. The Morgan fingerprint density at radius 1 is 0.968 bits per heavy atom. The van der Waals surface area contributed by atoms with Gasteiger partial charge in [-0.1, -0.05) is 78.5 Å². The second-order valence-electron chi connectivity index (χ2n) is 7.18. The number of carbonyl (C=O) groups is 1. The summed E-state index contributed by atoms with van der Waals surface area (Å²) in [6.07, 6.45) is 1.79. The normalized spacial score (nSPS) is 12.2. The summed E-state index contributed by atoms with van der Waals surface area (Å²) in [5.41, 5.74) is 4.44. The number of carbonyl (C=O) groups excluding carboxylic acids is 1. The maximum Gasteiger partial charge on any atom is 0.215 e. The number of fused-ring (bicyclic) bond motifs is 1. The molecule has 6 nitrogen and oxygen atoms in total. The number of nitrogens with one attached hydrogen (secondary N) is 1. The van der Waals surface area contributed by atoms with Crippen LogP contribution in [0.4, 0.5) is 0 Å². The zero-order valence-corrected chi connectivity index (χ0v) is 17.6. The van der Waals surface area contributed by atoms with Crippen LogP contribution in [-0.4, -0.2) is 31.0 Å². The fourth-order valence-corrected chi connectivity index (χ4v) is 4.68. The zero-order chi connectivity index (χ0) is 21.2. The van der Waals surface area contributed by atoms with E-state index in [0.717, 1.165) is 27.7 Å². The first kappa shape index (κ1) is 19.3. The summed E-state index contributed by atoms with van der Waals surface area (Å²) < 4.78 is 1.69. The van der Waals surface area contributed by atoms with Crippen LogP contribution in [0.1, 0.15) is 26.7 Å². The number of tetrazole rings is 1. The third-order valence-electron chi connectivity index (χ3n) is 5.20. The van der Waals surface area contributed by atoms with Gasteiger partial charge >= 0.3 is 0 Å². The highest BCUT2D eigenvalue weighted by Gasteiger charge is 2.28. The molecule has 31 heavy (non-hydrogen) atoms. The molecule has 0 saturated heterocycles. The van der Waals surface area contributed by atoms with E-state index >= 15 is 0 Å². The first-order chi connectivity index (χ1) is 15.2. The van der Waals surface area contributed by atoms with E-state index < -0.39 is 5.25 Å². The monoisotopic (exact) mass is 425 g/mol. The van der Waals surface area contributed by atoms with E-state index in [4.69, 9.17) is 0 Å². The second kappa shape index (κ2) is 8.20. The fourth-order valence-electron chi connectivity index (χ4n) is 3.63. The van der Waals surface area contributed by atoms with Crippen LogP contribution in [0.3, 0.4) is 0 Å². The van der Waals surface area contributed by atoms with Crippen LogP contribution in [0.5, 0.6) is 0 Å². The standard InChI is InChI=1S/C24H19N5OS/c1-16-9-5-8-14-21(16)29-24(26-27-28-29)31-23(17-10-3-2-4-11-17)22(30)19-15-25-20-13-7-6-12-18(19)20/h2-15,23,25H,1H3. The van der Waals surface area contributed by atoms with Crippen molar-refractivity contribution in [2.75, 3.05) is 0 Å². The number of aromatic nitrogens is 5. The van der Waals surface area contributed by atoms with Crippen LogP contribution in [0.2, 0.25) is 0 Å². The number of aromatic amines is 1. The number of hydrogen-bond acceptors (Lipinski definition) is 5. The predicted molar refractivity (Wildman–Crippen MR) is 122 cm³/mol. The molecule has 3 aromatic carbocycles. The number of rotatable bonds is 6. The molecule has 0 saturated carbocycles. The summed E-state index contributed by atoms with van der Waals surface area (Å²) in [6, 6.07) is 25.5. The van der Waals surface area contributed by atoms with Crippen LogP contribution in [0, 0.1) is 6.92 Å². The van der Waals surface area contributed by atoms with Crippen molar-refractivity contribution in [2.24, 2.45) is 0 Å². The Bertz CT molecular complexity index is 1360. The lowest BCUT2D eigenvalue weighted by Crippen LogP contribution is -2.11. The van der Waals surface area contributed by atoms with E-state index in [1.165, 1.54) is 11.8 Å². The van der Waals surface area contributed by atoms with E-state index in [1.807, 2.05) is 85.8 Å². The highest BCUT2D eigenvalue weighted by molar-refractivity contribution is 8.00. The Labute approximate surface area is 183 Å². The van der Waals surface area contributed by atoms with Crippen molar-refractivity contribution in [3.05, 3.63) is 102 Å². The van der Waals surface area contributed by atoms with E-state index in [2.05, 4.69) is 20.5 Å². The van der Waals surface area contributed by atoms with Crippen LogP contribution < -0.4 is 0 Å². The molecule has 7 heteroatoms. The molecule has 0 aliphatic carbocycles. The second-order valence-corrected chi connectivity index (χ2v) is 8.25. The summed E-state index contributed by atoms with van der Waals surface area (Å²) in [7, 11) is 0. The summed E-state index contributed by atoms with van der Waals surface area (Å²) in [4.78, 5) is 16.9. The molecule has 152 valence electrons. The SMILES string of the molecule is Cc1ccccc1-n1nnnc1SC(C(=O)c1c[nH]c2ccccc12)c1ccccc1. The molecule has 0 aliphatic heterocycles. The lowest BCUT2D eigenvalue weighted by molar-refractivity contribution is 0.0991. The van der Waals surface area contributed by atoms with E-state index in [1.54, 1.807) is 10.9 Å². The number of benzene rings is 3. The van der Waals surface area contributed by atoms with Gasteiger partial charge in [0.15, 0.2) is 5.78 Å². The summed E-state index contributed by atoms with van der Waals surface area (Å²) in [5.74, 6) is 0.00739. The largest absolute Gasteiger partial charge is 0.360 e. The van der Waals surface area contributed by atoms with E-state index in [0.29, 0.717) is 10.7 Å². The van der Waals surface area contributed by atoms with E-state index in [9.17, 15) is 4.79 Å². The molecule has 5 aromatic rings. The van der Waals surface area contributed by atoms with Crippen molar-refractivity contribution in [3.8, 4) is 5.69 Å². The molecule has 0 radical (unpaired) electrons. The number of thioether (sulfide) groups is 1. The molecule has 1 atom stereocenters. The van der Waals surface area contributed by atoms with Crippen LogP contribution in [0.15, 0.2) is 90.2 Å². The maximum absolute atomic E-state index is 13.7. The van der Waals surface area contributed by atoms with Gasteiger partial charge in [0.1, 0.15) is 5.25 Å². The van der Waals surface area contributed by atoms with Gasteiger partial charge in [-0.25, -0.2) is 0 Å². The van der Waals surface area contributed by atoms with Crippen molar-refractivity contribution >= 4 is 28.4 Å². The minimum Gasteiger partial charge on any atom is -0.360 e. The first-order valence-corrected chi connectivity index (χ1v) is 10.8. The molecule has 1 unspecified atom stereocenters. The number of ketones is 1. The number of para-hydroxylation sites is 2. The van der Waals surface area contributed by atoms with Gasteiger partial charge in [-0.3, -0.25) is 4.79 Å². The maximum atomic E-state index is 13.7. The molecule has 1 N–H and O–H groups in total. The van der Waals surface area contributed by atoms with Gasteiger partial charge in [0, 0.05) is 22.7 Å². The van der Waals surface area contributed by atoms with Gasteiger partial charge in [-0.05, 0) is 40.6 Å². The van der Waals surface area contributed by atoms with E-state index in [-0.39, 0.29) is 5.78 Å². The highest BCUT2D eigenvalue weighted by atomic mass is 32.2. The van der Waals surface area contributed by atoms with Gasteiger partial charge in [0.25, 0.3) is 0 Å². The average molecular weight is 426 g/mol. The lowest BCUT2D eigenvalue weighted by atomic mass is 10.0. The quantitative estimate of drug-likeness (QED) is 0.300. The Morgan fingerprint density at radius 2 is 1.71 bits per heavy atom. The van der Waals surface area contributed by atoms with Gasteiger partial charge in [-0.15, -0.1) is 5.10 Å². The number of H-pyrrole nitrogens is 1. The van der Waals surface area contributed by atoms with Crippen LogP contribution in [0.25, 0.3) is 16.6 Å². The highest BCUT2D eigenvalue weighted by Crippen LogP contribution is 2.38. The number of aryl methyl sites for hydroxylation is 1. The zero-order valence-electron chi connectivity index (χ0n) is 16.8. The first-order valence-electron chi connectivity index (χ1n) is 9.88. The van der Waals surface area contributed by atoms with Gasteiger partial charge in [0.05, 0.1) is 5.69 Å². The smallest absolute Gasteiger partial charge is 0.215 e. The Hall–Kier alpha value is -3.71. The molecule has 2 heterocycles. The molecule has 5 rings (SSSR count). The van der Waals surface area contributed by atoms with Crippen LogP contribution in [-0.2, 0) is 0 Å². The molecule has 0 fully saturated rings. The van der Waals surface area contributed by atoms with Gasteiger partial charge in [0.2, 0.25) is 5.16 Å². The Kier molecular flexibility index (Phi) is 5.09. The average Bonchev–Trinajstić information content (AvgIpc) is 3.45. The molecular weight excluding hydrogens is 406 g/mol. The van der Waals surface area contributed by atoms with Crippen molar-refractivity contribution < 1.29 is 4.79 Å². The molecule has 0 amide bonds. The fraction of sp³-hybridized carbons (Fsp3) is 0.0833. The Balaban J connectivity index is 1.57. The van der Waals surface area contributed by atoms with Crippen LogP contribution >= 0.6 is 11.8 Å². The topological polar surface area (TPSA) is 76.5 Å². The lowest BCUT2D eigenvalue weighted by Gasteiger charge is -2.16. The summed E-state index contributed by atoms with van der Waals surface area (Å²) in [6.45, 7) is 2.01. The third kappa shape index (κ3) is 3.64. The minimum absolute atomic E-state index is 0.00739. The third-order valence-corrected chi connectivity index (χ3v) is 6.39. The van der Waals surface area contributed by atoms with Crippen molar-refractivity contribution in [1.29, 1.82) is 0 Å². The molecular formula is C24H19N5OS.